The van der Waals surface area contributed by atoms with E-state index in [1.807, 2.05) is 6.92 Å². The number of amides is 1. The van der Waals surface area contributed by atoms with E-state index in [0.717, 1.165) is 0 Å². The van der Waals surface area contributed by atoms with Crippen molar-refractivity contribution in [2.75, 3.05) is 6.54 Å². The lowest BCUT2D eigenvalue weighted by Crippen LogP contribution is -2.51. The van der Waals surface area contributed by atoms with Crippen molar-refractivity contribution in [2.24, 2.45) is 5.73 Å². The van der Waals surface area contributed by atoms with Crippen LogP contribution in [0, 0.1) is 0 Å². The molecule has 6 heteroatoms. The number of halogens is 3. The van der Waals surface area contributed by atoms with E-state index in [1.54, 1.807) is 0 Å². The highest BCUT2D eigenvalue weighted by Crippen LogP contribution is 2.18. The smallest absolute Gasteiger partial charge is 0.354 e. The molecule has 0 saturated heterocycles. The molecule has 0 aliphatic rings. The second-order valence-corrected chi connectivity index (χ2v) is 3.79. The quantitative estimate of drug-likeness (QED) is 0.747. The molecule has 0 rings (SSSR count). The van der Waals surface area contributed by atoms with Crippen molar-refractivity contribution >= 4 is 5.91 Å². The summed E-state index contributed by atoms with van der Waals surface area (Å²) >= 11 is 0. The number of hydrogen-bond donors (Lipinski definition) is 2. The van der Waals surface area contributed by atoms with E-state index >= 15 is 0 Å². The maximum Gasteiger partial charge on any atom is 0.390 e. The van der Waals surface area contributed by atoms with Crippen LogP contribution in [0.4, 0.5) is 13.2 Å². The number of hydrogen-bond acceptors (Lipinski definition) is 2. The van der Waals surface area contributed by atoms with Gasteiger partial charge in [0, 0.05) is 6.54 Å². The minimum absolute atomic E-state index is 0.418. The molecule has 0 aromatic rings. The zero-order chi connectivity index (χ0) is 12.1. The largest absolute Gasteiger partial charge is 0.390 e. The fourth-order valence-corrected chi connectivity index (χ4v) is 1.15. The maximum atomic E-state index is 11.8. The van der Waals surface area contributed by atoms with Crippen LogP contribution in [-0.4, -0.2) is 24.2 Å². The van der Waals surface area contributed by atoms with Gasteiger partial charge in [-0.1, -0.05) is 13.3 Å². The third-order valence-corrected chi connectivity index (χ3v) is 1.98. The number of nitrogens with one attached hydrogen (secondary N) is 1. The molecule has 0 radical (unpaired) electrons. The summed E-state index contributed by atoms with van der Waals surface area (Å²) < 4.78 is 35.3. The molecule has 1 amide bonds. The molecule has 1 atom stereocenters. The molecule has 0 bridgehead atoms. The minimum atomic E-state index is -4.25. The standard InChI is InChI=1S/C9H17F3N2O/c1-3-4-8(2,13)7(15)14-6-5-9(10,11)12/h3-6,13H2,1-2H3,(H,14,15). The van der Waals surface area contributed by atoms with E-state index in [4.69, 9.17) is 5.73 Å². The lowest BCUT2D eigenvalue weighted by Gasteiger charge is -2.22. The molecule has 0 aromatic heterocycles. The molecule has 0 aromatic carbocycles. The Morgan fingerprint density at radius 2 is 1.87 bits per heavy atom. The number of alkyl halides is 3. The Kier molecular flexibility index (Phi) is 5.07. The van der Waals surface area contributed by atoms with Crippen molar-refractivity contribution in [3.05, 3.63) is 0 Å². The fourth-order valence-electron chi connectivity index (χ4n) is 1.15. The molecule has 0 spiro atoms. The Morgan fingerprint density at radius 3 is 2.27 bits per heavy atom. The summed E-state index contributed by atoms with van der Waals surface area (Å²) in [5.74, 6) is -0.534. The normalized spacial score (nSPS) is 15.9. The fraction of sp³-hybridized carbons (Fsp3) is 0.889. The maximum absolute atomic E-state index is 11.8. The molecule has 0 heterocycles. The predicted molar refractivity (Wildman–Crippen MR) is 51.2 cm³/mol. The van der Waals surface area contributed by atoms with Crippen LogP contribution < -0.4 is 11.1 Å². The highest BCUT2D eigenvalue weighted by molar-refractivity contribution is 5.85. The van der Waals surface area contributed by atoms with Gasteiger partial charge >= 0.3 is 6.18 Å². The van der Waals surface area contributed by atoms with Crippen LogP contribution in [-0.2, 0) is 4.79 Å². The highest BCUT2D eigenvalue weighted by Gasteiger charge is 2.30. The lowest BCUT2D eigenvalue weighted by atomic mass is 9.96. The zero-order valence-electron chi connectivity index (χ0n) is 8.95. The summed E-state index contributed by atoms with van der Waals surface area (Å²) in [4.78, 5) is 11.3. The number of nitrogens with two attached hydrogens (primary N) is 1. The molecule has 3 N–H and O–H groups in total. The molecule has 0 aliphatic heterocycles. The van der Waals surface area contributed by atoms with Gasteiger partial charge in [-0.25, -0.2) is 0 Å². The van der Waals surface area contributed by atoms with Gasteiger partial charge in [0.25, 0.3) is 0 Å². The monoisotopic (exact) mass is 226 g/mol. The first-order valence-corrected chi connectivity index (χ1v) is 4.83. The van der Waals surface area contributed by atoms with E-state index in [0.29, 0.717) is 12.8 Å². The first-order chi connectivity index (χ1) is 6.69. The van der Waals surface area contributed by atoms with Gasteiger partial charge in [0.2, 0.25) is 5.91 Å². The van der Waals surface area contributed by atoms with Crippen LogP contribution >= 0.6 is 0 Å². The van der Waals surface area contributed by atoms with Gasteiger partial charge < -0.3 is 11.1 Å². The Balaban J connectivity index is 3.94. The number of rotatable bonds is 5. The van der Waals surface area contributed by atoms with Gasteiger partial charge in [-0.15, -0.1) is 0 Å². The average molecular weight is 226 g/mol. The van der Waals surface area contributed by atoms with Gasteiger partial charge in [-0.2, -0.15) is 13.2 Å². The van der Waals surface area contributed by atoms with Crippen molar-refractivity contribution in [1.82, 2.24) is 5.32 Å². The second-order valence-electron chi connectivity index (χ2n) is 3.79. The van der Waals surface area contributed by atoms with Gasteiger partial charge in [-0.3, -0.25) is 4.79 Å². The van der Waals surface area contributed by atoms with Crippen LogP contribution in [0.2, 0.25) is 0 Å². The van der Waals surface area contributed by atoms with Crippen LogP contribution in [0.15, 0.2) is 0 Å². The molecule has 15 heavy (non-hydrogen) atoms. The second kappa shape index (κ2) is 5.34. The Hall–Kier alpha value is -0.780. The van der Waals surface area contributed by atoms with Crippen LogP contribution in [0.3, 0.4) is 0 Å². The third kappa shape index (κ3) is 6.33. The van der Waals surface area contributed by atoms with Crippen LogP contribution in [0.5, 0.6) is 0 Å². The Labute approximate surface area is 87.2 Å². The minimum Gasteiger partial charge on any atom is -0.354 e. The summed E-state index contributed by atoms with van der Waals surface area (Å²) in [7, 11) is 0. The van der Waals surface area contributed by atoms with Crippen molar-refractivity contribution in [1.29, 1.82) is 0 Å². The third-order valence-electron chi connectivity index (χ3n) is 1.98. The number of carbonyl (C=O) groups excluding carboxylic acids is 1. The van der Waals surface area contributed by atoms with Crippen molar-refractivity contribution in [2.45, 2.75) is 44.8 Å². The first kappa shape index (κ1) is 14.2. The average Bonchev–Trinajstić information content (AvgIpc) is 2.01. The van der Waals surface area contributed by atoms with E-state index in [2.05, 4.69) is 5.32 Å². The van der Waals surface area contributed by atoms with Crippen molar-refractivity contribution < 1.29 is 18.0 Å². The molecule has 90 valence electrons. The van der Waals surface area contributed by atoms with Gasteiger partial charge in [-0.05, 0) is 13.3 Å². The Bertz CT molecular complexity index is 214. The summed E-state index contributed by atoms with van der Waals surface area (Å²) in [6.45, 7) is 2.95. The van der Waals surface area contributed by atoms with Crippen LogP contribution in [0.25, 0.3) is 0 Å². The van der Waals surface area contributed by atoms with E-state index in [1.165, 1.54) is 6.92 Å². The van der Waals surface area contributed by atoms with Crippen molar-refractivity contribution in [3.63, 3.8) is 0 Å². The van der Waals surface area contributed by atoms with E-state index in [9.17, 15) is 18.0 Å². The van der Waals surface area contributed by atoms with Crippen LogP contribution in [0.1, 0.15) is 33.1 Å². The zero-order valence-corrected chi connectivity index (χ0v) is 8.95. The SMILES string of the molecule is CCCC(C)(N)C(=O)NCCC(F)(F)F. The van der Waals surface area contributed by atoms with Gasteiger partial charge in [0.15, 0.2) is 0 Å². The van der Waals surface area contributed by atoms with Gasteiger partial charge in [0.1, 0.15) is 0 Å². The first-order valence-electron chi connectivity index (χ1n) is 4.83. The lowest BCUT2D eigenvalue weighted by molar-refractivity contribution is -0.136. The number of carbonyl (C=O) groups is 1. The molecule has 0 aliphatic carbocycles. The molecular weight excluding hydrogens is 209 g/mol. The summed E-state index contributed by atoms with van der Waals surface area (Å²) in [6.07, 6.45) is -4.12. The topological polar surface area (TPSA) is 55.1 Å². The van der Waals surface area contributed by atoms with Crippen molar-refractivity contribution in [3.8, 4) is 0 Å². The highest BCUT2D eigenvalue weighted by atomic mass is 19.4. The van der Waals surface area contributed by atoms with Gasteiger partial charge in [0.05, 0.1) is 12.0 Å². The molecule has 0 fully saturated rings. The van der Waals surface area contributed by atoms with E-state index < -0.39 is 30.6 Å². The predicted octanol–water partition coefficient (Wildman–Crippen LogP) is 1.57. The molecular formula is C9H17F3N2O. The molecule has 3 nitrogen and oxygen atoms in total. The van der Waals surface area contributed by atoms with E-state index in [-0.39, 0.29) is 0 Å². The Morgan fingerprint density at radius 1 is 1.33 bits per heavy atom. The summed E-state index contributed by atoms with van der Waals surface area (Å²) in [5.41, 5.74) is 4.54. The molecule has 0 saturated carbocycles. The summed E-state index contributed by atoms with van der Waals surface area (Å²) in [5, 5.41) is 2.18. The summed E-state index contributed by atoms with van der Waals surface area (Å²) in [6, 6.07) is 0. The molecule has 1 unspecified atom stereocenters.